The number of hydrogen-bond donors (Lipinski definition) is 3. The van der Waals surface area contributed by atoms with Crippen molar-refractivity contribution in [1.82, 2.24) is 10.2 Å². The molecule has 1 fully saturated rings. The molecule has 0 radical (unpaired) electrons. The number of carboxylic acids is 1. The van der Waals surface area contributed by atoms with Crippen LogP contribution in [0, 0.1) is 5.92 Å². The molecule has 32 heavy (non-hydrogen) atoms. The largest absolute Gasteiger partial charge is 0.480 e. The highest BCUT2D eigenvalue weighted by Gasteiger charge is 2.46. The molecule has 1 saturated heterocycles. The number of amides is 1. The lowest BCUT2D eigenvalue weighted by Crippen LogP contribution is -2.49. The highest BCUT2D eigenvalue weighted by atomic mass is 32.2. The maximum Gasteiger partial charge on any atom is 0.408 e. The highest BCUT2D eigenvalue weighted by Crippen LogP contribution is 2.39. The lowest BCUT2D eigenvalue weighted by molar-refractivity contribution is -0.152. The Morgan fingerprint density at radius 2 is 1.78 bits per heavy atom. The number of aliphatic hydroxyl groups is 1. The number of nitrogens with zero attached hydrogens (tertiary/aromatic N) is 1. The zero-order valence-electron chi connectivity index (χ0n) is 19.7. The Morgan fingerprint density at radius 3 is 2.28 bits per heavy atom. The summed E-state index contributed by atoms with van der Waals surface area (Å²) in [6.45, 7) is 8.52. The third-order valence-corrected chi connectivity index (χ3v) is 6.62. The van der Waals surface area contributed by atoms with Gasteiger partial charge in [-0.15, -0.1) is 11.8 Å². The van der Waals surface area contributed by atoms with Crippen molar-refractivity contribution in [3.05, 3.63) is 0 Å². The Kier molecular flexibility index (Phi) is 10.4. The Bertz CT molecular complexity index is 692. The molecule has 0 aliphatic carbocycles. The number of ether oxygens (including phenoxy) is 2. The molecular formula is C21H36N2O8S. The predicted octanol–water partition coefficient (Wildman–Crippen LogP) is 1.99. The van der Waals surface area contributed by atoms with Crippen LogP contribution in [0.1, 0.15) is 60.3 Å². The van der Waals surface area contributed by atoms with Gasteiger partial charge in [-0.3, -0.25) is 14.5 Å². The summed E-state index contributed by atoms with van der Waals surface area (Å²) in [5.41, 5.74) is -0.753. The normalized spacial score (nSPS) is 20.3. The topological polar surface area (TPSA) is 142 Å². The summed E-state index contributed by atoms with van der Waals surface area (Å²) in [4.78, 5) is 49.9. The van der Waals surface area contributed by atoms with E-state index in [9.17, 15) is 29.4 Å². The second-order valence-corrected chi connectivity index (χ2v) is 10.8. The third kappa shape index (κ3) is 8.25. The minimum atomic E-state index is -1.19. The zero-order valence-corrected chi connectivity index (χ0v) is 20.5. The minimum Gasteiger partial charge on any atom is -0.480 e. The number of methoxy groups -OCH3 is 1. The average Bonchev–Trinajstić information content (AvgIpc) is 2.98. The zero-order chi connectivity index (χ0) is 24.7. The van der Waals surface area contributed by atoms with E-state index in [-0.39, 0.29) is 25.4 Å². The molecule has 184 valence electrons. The maximum absolute atomic E-state index is 13.1. The number of nitrogens with one attached hydrogen (secondary N) is 1. The van der Waals surface area contributed by atoms with Gasteiger partial charge in [0.1, 0.15) is 17.6 Å². The monoisotopic (exact) mass is 476 g/mol. The average molecular weight is 477 g/mol. The third-order valence-electron chi connectivity index (χ3n) is 5.20. The number of carbonyl (C=O) groups excluding carboxylic acids is 3. The van der Waals surface area contributed by atoms with E-state index in [0.29, 0.717) is 18.6 Å². The van der Waals surface area contributed by atoms with Crippen LogP contribution in [0.15, 0.2) is 0 Å². The van der Waals surface area contributed by atoms with Crippen molar-refractivity contribution in [2.24, 2.45) is 5.92 Å². The molecule has 2 unspecified atom stereocenters. The lowest BCUT2D eigenvalue weighted by Gasteiger charge is -2.32. The van der Waals surface area contributed by atoms with E-state index in [4.69, 9.17) is 9.47 Å². The maximum atomic E-state index is 13.1. The first-order valence-corrected chi connectivity index (χ1v) is 11.6. The van der Waals surface area contributed by atoms with Gasteiger partial charge in [0, 0.05) is 5.75 Å². The summed E-state index contributed by atoms with van der Waals surface area (Å²) < 4.78 is 9.90. The van der Waals surface area contributed by atoms with Crippen molar-refractivity contribution in [2.75, 3.05) is 19.6 Å². The van der Waals surface area contributed by atoms with E-state index in [1.54, 1.807) is 25.7 Å². The Morgan fingerprint density at radius 1 is 1.19 bits per heavy atom. The fourth-order valence-corrected chi connectivity index (χ4v) is 4.75. The van der Waals surface area contributed by atoms with Crippen molar-refractivity contribution in [1.29, 1.82) is 0 Å². The van der Waals surface area contributed by atoms with Crippen LogP contribution in [0.5, 0.6) is 0 Å². The number of ketones is 1. The SMILES string of the molecule is COC(=O)C(CCCC[C@H](NC(=O)OC(C)(C)C)C(=O)O)C(=O)C1CSC(C)(C)N1CO. The first kappa shape index (κ1) is 28.2. The van der Waals surface area contributed by atoms with Crippen LogP contribution in [0.25, 0.3) is 0 Å². The van der Waals surface area contributed by atoms with Gasteiger partial charge in [-0.1, -0.05) is 12.8 Å². The Labute approximate surface area is 193 Å². The van der Waals surface area contributed by atoms with Crippen LogP contribution in [-0.4, -0.2) is 81.1 Å². The van der Waals surface area contributed by atoms with Gasteiger partial charge in [-0.25, -0.2) is 9.59 Å². The number of Topliss-reactive ketones (excluding diaryl/α,β-unsaturated/α-hetero) is 1. The molecule has 1 aliphatic heterocycles. The van der Waals surface area contributed by atoms with E-state index >= 15 is 0 Å². The molecule has 0 saturated carbocycles. The summed E-state index contributed by atoms with van der Waals surface area (Å²) >= 11 is 1.53. The number of carboxylic acid groups (broad SMARTS) is 1. The summed E-state index contributed by atoms with van der Waals surface area (Å²) in [5.74, 6) is -2.70. The first-order chi connectivity index (χ1) is 14.7. The Hall–Kier alpha value is -1.85. The number of carbonyl (C=O) groups is 4. The van der Waals surface area contributed by atoms with Crippen LogP contribution in [0.2, 0.25) is 0 Å². The van der Waals surface area contributed by atoms with Crippen LogP contribution < -0.4 is 5.32 Å². The number of alkyl carbamates (subject to hydrolysis) is 1. The molecule has 1 aliphatic rings. The second-order valence-electron chi connectivity index (χ2n) is 9.18. The molecule has 0 aromatic heterocycles. The van der Waals surface area contributed by atoms with Gasteiger partial charge in [0.05, 0.1) is 24.8 Å². The number of rotatable bonds is 11. The number of esters is 1. The number of aliphatic carboxylic acids is 1. The van der Waals surface area contributed by atoms with E-state index in [1.807, 2.05) is 13.8 Å². The predicted molar refractivity (Wildman–Crippen MR) is 119 cm³/mol. The second kappa shape index (κ2) is 11.9. The molecule has 0 bridgehead atoms. The van der Waals surface area contributed by atoms with Crippen molar-refractivity contribution in [2.45, 2.75) is 82.9 Å². The molecule has 1 amide bonds. The van der Waals surface area contributed by atoms with Crippen LogP contribution in [0.4, 0.5) is 4.79 Å². The molecule has 3 N–H and O–H groups in total. The summed E-state index contributed by atoms with van der Waals surface area (Å²) in [7, 11) is 1.21. The van der Waals surface area contributed by atoms with E-state index in [1.165, 1.54) is 18.9 Å². The summed E-state index contributed by atoms with van der Waals surface area (Å²) in [6, 6.07) is -1.75. The molecule has 10 nitrogen and oxygen atoms in total. The van der Waals surface area contributed by atoms with Crippen molar-refractivity contribution < 1.29 is 38.9 Å². The minimum absolute atomic E-state index is 0.117. The molecule has 3 atom stereocenters. The smallest absolute Gasteiger partial charge is 0.408 e. The van der Waals surface area contributed by atoms with E-state index in [0.717, 1.165) is 0 Å². The molecule has 0 spiro atoms. The first-order valence-electron chi connectivity index (χ1n) is 10.6. The van der Waals surface area contributed by atoms with Crippen molar-refractivity contribution in [3.8, 4) is 0 Å². The number of unbranched alkanes of at least 4 members (excludes halogenated alkanes) is 1. The number of hydrogen-bond acceptors (Lipinski definition) is 9. The fraction of sp³-hybridized carbons (Fsp3) is 0.810. The lowest BCUT2D eigenvalue weighted by atomic mass is 9.91. The van der Waals surface area contributed by atoms with Crippen molar-refractivity contribution >= 4 is 35.6 Å². The molecular weight excluding hydrogens is 440 g/mol. The molecule has 11 heteroatoms. The standard InChI is InChI=1S/C21H36N2O8S/c1-20(2,3)31-19(29)22-14(17(26)27)10-8-7-9-13(18(28)30-6)16(25)15-11-32-21(4,5)23(15)12-24/h13-15,24H,7-12H2,1-6H3,(H,22,29)(H,26,27)/t13?,14-,15?/m0/s1. The molecule has 0 aromatic carbocycles. The van der Waals surface area contributed by atoms with Crippen LogP contribution >= 0.6 is 11.8 Å². The molecule has 1 heterocycles. The van der Waals surface area contributed by atoms with Gasteiger partial charge >= 0.3 is 18.0 Å². The summed E-state index contributed by atoms with van der Waals surface area (Å²) in [6.07, 6.45) is 0.227. The number of thioether (sulfide) groups is 1. The quantitative estimate of drug-likeness (QED) is 0.230. The molecule has 1 rings (SSSR count). The van der Waals surface area contributed by atoms with Crippen molar-refractivity contribution in [3.63, 3.8) is 0 Å². The van der Waals surface area contributed by atoms with Gasteiger partial charge in [0.2, 0.25) is 0 Å². The Balaban J connectivity index is 2.70. The van der Waals surface area contributed by atoms with Gasteiger partial charge in [-0.2, -0.15) is 0 Å². The van der Waals surface area contributed by atoms with Gasteiger partial charge < -0.3 is 25.0 Å². The van der Waals surface area contributed by atoms with Gasteiger partial charge in [0.25, 0.3) is 0 Å². The van der Waals surface area contributed by atoms with E-state index in [2.05, 4.69) is 5.32 Å². The van der Waals surface area contributed by atoms with Crippen LogP contribution in [0.3, 0.4) is 0 Å². The number of aliphatic hydroxyl groups excluding tert-OH is 1. The van der Waals surface area contributed by atoms with E-state index < -0.39 is 46.5 Å². The fourth-order valence-electron chi connectivity index (χ4n) is 3.49. The highest BCUT2D eigenvalue weighted by molar-refractivity contribution is 8.00. The van der Waals surface area contributed by atoms with Crippen LogP contribution in [-0.2, 0) is 23.9 Å². The van der Waals surface area contributed by atoms with Gasteiger partial charge in [0.15, 0.2) is 5.78 Å². The van der Waals surface area contributed by atoms with Gasteiger partial charge in [-0.05, 0) is 47.5 Å². The summed E-state index contributed by atoms with van der Waals surface area (Å²) in [5, 5.41) is 21.4. The molecule has 0 aromatic rings.